The Morgan fingerprint density at radius 2 is 2.27 bits per heavy atom. The summed E-state index contributed by atoms with van der Waals surface area (Å²) in [7, 11) is 0. The Morgan fingerprint density at radius 1 is 1.47 bits per heavy atom. The second kappa shape index (κ2) is 7.20. The molecular formula is C12H25NO2. The predicted octanol–water partition coefficient (Wildman–Crippen LogP) is 1.55. The first kappa shape index (κ1) is 12.9. The van der Waals surface area contributed by atoms with Gasteiger partial charge >= 0.3 is 0 Å². The lowest BCUT2D eigenvalue weighted by Crippen LogP contribution is -2.37. The maximum atomic E-state index is 9.12. The molecule has 0 spiro atoms. The number of rotatable bonds is 7. The van der Waals surface area contributed by atoms with E-state index in [0.29, 0.717) is 12.0 Å². The van der Waals surface area contributed by atoms with Crippen LogP contribution in [-0.4, -0.2) is 37.0 Å². The van der Waals surface area contributed by atoms with E-state index in [1.165, 1.54) is 12.8 Å². The van der Waals surface area contributed by atoms with Crippen LogP contribution in [0.4, 0.5) is 0 Å². The maximum Gasteiger partial charge on any atom is 0.0587 e. The molecule has 1 aliphatic rings. The zero-order chi connectivity index (χ0) is 11.1. The third-order valence-corrected chi connectivity index (χ3v) is 3.13. The fourth-order valence-electron chi connectivity index (χ4n) is 2.00. The van der Waals surface area contributed by atoms with Gasteiger partial charge in [-0.2, -0.15) is 0 Å². The smallest absolute Gasteiger partial charge is 0.0587 e. The van der Waals surface area contributed by atoms with E-state index in [1.54, 1.807) is 0 Å². The van der Waals surface area contributed by atoms with E-state index >= 15 is 0 Å². The van der Waals surface area contributed by atoms with E-state index < -0.39 is 0 Å². The van der Waals surface area contributed by atoms with Gasteiger partial charge in [0.25, 0.3) is 0 Å². The van der Waals surface area contributed by atoms with Crippen molar-refractivity contribution in [2.75, 3.05) is 19.8 Å². The molecule has 0 radical (unpaired) electrons. The van der Waals surface area contributed by atoms with Crippen LogP contribution in [0.15, 0.2) is 0 Å². The summed E-state index contributed by atoms with van der Waals surface area (Å²) in [6, 6.07) is 0.245. The molecule has 0 aromatic carbocycles. The third-order valence-electron chi connectivity index (χ3n) is 3.13. The van der Waals surface area contributed by atoms with Gasteiger partial charge in [0.1, 0.15) is 0 Å². The first-order valence-corrected chi connectivity index (χ1v) is 6.20. The van der Waals surface area contributed by atoms with Crippen LogP contribution in [-0.2, 0) is 4.74 Å². The molecule has 2 atom stereocenters. The molecule has 1 rings (SSSR count). The number of hydrogen-bond acceptors (Lipinski definition) is 3. The molecule has 1 heterocycles. The Kier molecular flexibility index (Phi) is 6.22. The van der Waals surface area contributed by atoms with Crippen LogP contribution < -0.4 is 5.32 Å². The van der Waals surface area contributed by atoms with Crippen LogP contribution in [0.1, 0.15) is 39.5 Å². The maximum absolute atomic E-state index is 9.12. The Labute approximate surface area is 93.2 Å². The molecule has 3 nitrogen and oxygen atoms in total. The van der Waals surface area contributed by atoms with Gasteiger partial charge in [-0.1, -0.05) is 13.8 Å². The highest BCUT2D eigenvalue weighted by Gasteiger charge is 2.15. The van der Waals surface area contributed by atoms with E-state index in [0.717, 1.165) is 26.0 Å². The quantitative estimate of drug-likeness (QED) is 0.633. The summed E-state index contributed by atoms with van der Waals surface area (Å²) in [6.07, 6.45) is 5.26. The van der Waals surface area contributed by atoms with Gasteiger partial charge in [0, 0.05) is 12.6 Å². The van der Waals surface area contributed by atoms with Gasteiger partial charge in [0.2, 0.25) is 0 Å². The van der Waals surface area contributed by atoms with Gasteiger partial charge < -0.3 is 15.2 Å². The molecule has 0 bridgehead atoms. The summed E-state index contributed by atoms with van der Waals surface area (Å²) < 4.78 is 5.56. The van der Waals surface area contributed by atoms with Gasteiger partial charge in [-0.3, -0.25) is 0 Å². The lowest BCUT2D eigenvalue weighted by atomic mass is 10.1. The van der Waals surface area contributed by atoms with Crippen LogP contribution in [0.25, 0.3) is 0 Å². The highest BCUT2D eigenvalue weighted by atomic mass is 16.5. The zero-order valence-electron chi connectivity index (χ0n) is 10.0. The fraction of sp³-hybridized carbons (Fsp3) is 1.00. The molecular weight excluding hydrogens is 190 g/mol. The van der Waals surface area contributed by atoms with Crippen molar-refractivity contribution in [3.63, 3.8) is 0 Å². The second-order valence-electron chi connectivity index (χ2n) is 4.76. The van der Waals surface area contributed by atoms with Crippen molar-refractivity contribution < 1.29 is 9.84 Å². The molecule has 0 aliphatic carbocycles. The van der Waals surface area contributed by atoms with E-state index in [2.05, 4.69) is 19.2 Å². The number of nitrogens with one attached hydrogen (secondary N) is 1. The van der Waals surface area contributed by atoms with E-state index in [1.807, 2.05) is 0 Å². The minimum Gasteiger partial charge on any atom is -0.395 e. The second-order valence-corrected chi connectivity index (χ2v) is 4.76. The van der Waals surface area contributed by atoms with Crippen LogP contribution in [0.3, 0.4) is 0 Å². The van der Waals surface area contributed by atoms with E-state index in [9.17, 15) is 0 Å². The van der Waals surface area contributed by atoms with Gasteiger partial charge in [0.05, 0.1) is 12.7 Å². The van der Waals surface area contributed by atoms with Crippen molar-refractivity contribution in [2.45, 2.75) is 51.7 Å². The largest absolute Gasteiger partial charge is 0.395 e. The van der Waals surface area contributed by atoms with Crippen molar-refractivity contribution in [2.24, 2.45) is 5.92 Å². The van der Waals surface area contributed by atoms with E-state index in [4.69, 9.17) is 9.84 Å². The minimum atomic E-state index is 0.234. The molecule has 15 heavy (non-hydrogen) atoms. The normalized spacial score (nSPS) is 23.6. The van der Waals surface area contributed by atoms with Crippen molar-refractivity contribution in [1.29, 1.82) is 0 Å². The Bertz CT molecular complexity index is 156. The molecule has 0 saturated carbocycles. The standard InChI is InChI=1S/C12H25NO2/c1-10(2)12(9-14)13-7-3-5-11-6-4-8-15-11/h10-14H,3-9H2,1-2H3/t11?,12-/m1/s1. The molecule has 1 aliphatic heterocycles. The van der Waals surface area contributed by atoms with Gasteiger partial charge in [-0.25, -0.2) is 0 Å². The zero-order valence-corrected chi connectivity index (χ0v) is 10.0. The SMILES string of the molecule is CC(C)[C@@H](CO)NCCCC1CCCO1. The lowest BCUT2D eigenvalue weighted by Gasteiger charge is -2.20. The Balaban J connectivity index is 1.99. The summed E-state index contributed by atoms with van der Waals surface area (Å²) in [5.41, 5.74) is 0. The molecule has 3 heteroatoms. The molecule has 1 saturated heterocycles. The molecule has 0 aromatic rings. The highest BCUT2D eigenvalue weighted by Crippen LogP contribution is 2.16. The average molecular weight is 215 g/mol. The third kappa shape index (κ3) is 4.96. The van der Waals surface area contributed by atoms with Crippen LogP contribution in [0, 0.1) is 5.92 Å². The monoisotopic (exact) mass is 215 g/mol. The van der Waals surface area contributed by atoms with Gasteiger partial charge in [-0.05, 0) is 38.1 Å². The van der Waals surface area contributed by atoms with Crippen LogP contribution >= 0.6 is 0 Å². The van der Waals surface area contributed by atoms with Gasteiger partial charge in [-0.15, -0.1) is 0 Å². The summed E-state index contributed by atoms with van der Waals surface area (Å²) in [5, 5.41) is 12.5. The number of aliphatic hydroxyl groups is 1. The molecule has 1 unspecified atom stereocenters. The summed E-state index contributed by atoms with van der Waals surface area (Å²) >= 11 is 0. The molecule has 90 valence electrons. The summed E-state index contributed by atoms with van der Waals surface area (Å²) in [4.78, 5) is 0. The first-order chi connectivity index (χ1) is 7.24. The lowest BCUT2D eigenvalue weighted by molar-refractivity contribution is 0.102. The average Bonchev–Trinajstić information content (AvgIpc) is 2.70. The van der Waals surface area contributed by atoms with Crippen molar-refractivity contribution in [3.05, 3.63) is 0 Å². The molecule has 1 fully saturated rings. The predicted molar refractivity (Wildman–Crippen MR) is 61.9 cm³/mol. The first-order valence-electron chi connectivity index (χ1n) is 6.20. The molecule has 0 aromatic heterocycles. The van der Waals surface area contributed by atoms with E-state index in [-0.39, 0.29) is 12.6 Å². The topological polar surface area (TPSA) is 41.5 Å². The highest BCUT2D eigenvalue weighted by molar-refractivity contribution is 4.70. The van der Waals surface area contributed by atoms with Gasteiger partial charge in [0.15, 0.2) is 0 Å². The van der Waals surface area contributed by atoms with Crippen molar-refractivity contribution in [1.82, 2.24) is 5.32 Å². The Morgan fingerprint density at radius 3 is 2.80 bits per heavy atom. The van der Waals surface area contributed by atoms with Crippen molar-refractivity contribution in [3.8, 4) is 0 Å². The number of ether oxygens (including phenoxy) is 1. The van der Waals surface area contributed by atoms with Crippen LogP contribution in [0.2, 0.25) is 0 Å². The molecule has 0 amide bonds. The fourth-order valence-corrected chi connectivity index (χ4v) is 2.00. The summed E-state index contributed by atoms with van der Waals surface area (Å²) in [6.45, 7) is 6.44. The minimum absolute atomic E-state index is 0.234. The Hall–Kier alpha value is -0.120. The summed E-state index contributed by atoms with van der Waals surface area (Å²) in [5.74, 6) is 0.498. The molecule has 2 N–H and O–H groups in total. The van der Waals surface area contributed by atoms with Crippen molar-refractivity contribution >= 4 is 0 Å². The number of aliphatic hydroxyl groups excluding tert-OH is 1. The number of hydrogen-bond donors (Lipinski definition) is 2. The van der Waals surface area contributed by atoms with Crippen LogP contribution in [0.5, 0.6) is 0 Å².